The fraction of sp³-hybridized carbons (Fsp3) is 0.115. The maximum Gasteiger partial charge on any atom is 0.294 e. The molecule has 0 saturated carbocycles. The number of nitrogens with one attached hydrogen (secondary N) is 1. The van der Waals surface area contributed by atoms with Gasteiger partial charge in [0.25, 0.3) is 11.1 Å². The first-order valence-corrected chi connectivity index (χ1v) is 13.0. The van der Waals surface area contributed by atoms with Gasteiger partial charge in [-0.3, -0.25) is 19.3 Å². The lowest BCUT2D eigenvalue weighted by molar-refractivity contribution is -0.127. The van der Waals surface area contributed by atoms with Gasteiger partial charge in [0.1, 0.15) is 18.9 Å². The number of anilines is 1. The van der Waals surface area contributed by atoms with E-state index in [0.29, 0.717) is 33.7 Å². The van der Waals surface area contributed by atoms with Crippen LogP contribution in [-0.2, 0) is 16.2 Å². The molecule has 1 fully saturated rings. The Balaban J connectivity index is 1.47. The third kappa shape index (κ3) is 6.50. The van der Waals surface area contributed by atoms with Crippen LogP contribution in [0, 0.1) is 6.92 Å². The highest BCUT2D eigenvalue weighted by atomic mass is 79.9. The third-order valence-corrected chi connectivity index (χ3v) is 7.26. The van der Waals surface area contributed by atoms with Crippen LogP contribution in [-0.4, -0.2) is 28.5 Å². The van der Waals surface area contributed by atoms with Crippen molar-refractivity contribution in [1.29, 1.82) is 0 Å². The van der Waals surface area contributed by atoms with Gasteiger partial charge in [0, 0.05) is 25.8 Å². The van der Waals surface area contributed by atoms with E-state index in [0.717, 1.165) is 32.3 Å². The van der Waals surface area contributed by atoms with E-state index in [1.54, 1.807) is 48.5 Å². The molecule has 1 aliphatic heterocycles. The maximum absolute atomic E-state index is 13.0. The van der Waals surface area contributed by atoms with Gasteiger partial charge < -0.3 is 10.1 Å². The van der Waals surface area contributed by atoms with E-state index in [9.17, 15) is 14.4 Å². The van der Waals surface area contributed by atoms with Crippen LogP contribution >= 0.6 is 50.9 Å². The number of aryl methyl sites for hydroxylation is 1. The van der Waals surface area contributed by atoms with Crippen LogP contribution in [0.25, 0.3) is 6.08 Å². The zero-order valence-electron chi connectivity index (χ0n) is 18.9. The molecule has 3 aromatic rings. The molecule has 6 nitrogen and oxygen atoms in total. The molecule has 1 N–H and O–H groups in total. The second-order valence-corrected chi connectivity index (χ2v) is 10.6. The van der Waals surface area contributed by atoms with Gasteiger partial charge in [0.05, 0.1) is 4.91 Å². The summed E-state index contributed by atoms with van der Waals surface area (Å²) < 4.78 is 6.74. The van der Waals surface area contributed by atoms with E-state index >= 15 is 0 Å². The number of halogens is 3. The molecule has 0 spiro atoms. The molecule has 0 aromatic heterocycles. The van der Waals surface area contributed by atoms with Crippen LogP contribution in [0.5, 0.6) is 5.75 Å². The Kier molecular flexibility index (Phi) is 8.41. The van der Waals surface area contributed by atoms with Gasteiger partial charge in [-0.05, 0) is 78.4 Å². The van der Waals surface area contributed by atoms with E-state index < -0.39 is 23.6 Å². The van der Waals surface area contributed by atoms with E-state index in [4.69, 9.17) is 27.9 Å². The summed E-state index contributed by atoms with van der Waals surface area (Å²) in [4.78, 5) is 39.1. The van der Waals surface area contributed by atoms with Crippen molar-refractivity contribution in [1.82, 2.24) is 4.90 Å². The number of amides is 3. The summed E-state index contributed by atoms with van der Waals surface area (Å²) in [7, 11) is 0. The summed E-state index contributed by atoms with van der Waals surface area (Å²) in [5.41, 5.74) is 2.89. The number of benzene rings is 3. The number of thioether (sulfide) groups is 1. The van der Waals surface area contributed by atoms with Crippen molar-refractivity contribution < 1.29 is 19.1 Å². The van der Waals surface area contributed by atoms with Gasteiger partial charge in [-0.15, -0.1) is 0 Å². The number of hydrogen-bond donors (Lipinski definition) is 1. The van der Waals surface area contributed by atoms with Gasteiger partial charge in [-0.25, -0.2) is 0 Å². The van der Waals surface area contributed by atoms with Crippen LogP contribution in [0.1, 0.15) is 16.7 Å². The lowest BCUT2D eigenvalue weighted by atomic mass is 10.1. The highest BCUT2D eigenvalue weighted by Gasteiger charge is 2.36. The molecule has 4 rings (SSSR count). The van der Waals surface area contributed by atoms with Gasteiger partial charge >= 0.3 is 0 Å². The molecule has 1 heterocycles. The Labute approximate surface area is 230 Å². The van der Waals surface area contributed by atoms with Gasteiger partial charge in [-0.2, -0.15) is 0 Å². The molecule has 10 heteroatoms. The normalized spacial score (nSPS) is 14.4. The fourth-order valence-electron chi connectivity index (χ4n) is 3.30. The predicted molar refractivity (Wildman–Crippen MR) is 147 cm³/mol. The average molecular weight is 606 g/mol. The molecule has 0 aliphatic carbocycles. The predicted octanol–water partition coefficient (Wildman–Crippen LogP) is 7.32. The molecule has 0 unspecified atom stereocenters. The molecular formula is C26H19BrCl2N2O4S. The molecule has 36 heavy (non-hydrogen) atoms. The van der Waals surface area contributed by atoms with E-state index in [1.807, 2.05) is 25.1 Å². The maximum atomic E-state index is 13.0. The number of nitrogens with zero attached hydrogens (tertiary/aromatic N) is 1. The summed E-state index contributed by atoms with van der Waals surface area (Å²) in [6.45, 7) is 1.73. The van der Waals surface area contributed by atoms with Crippen LogP contribution in [0.4, 0.5) is 10.5 Å². The fourth-order valence-corrected chi connectivity index (χ4v) is 4.81. The Morgan fingerprint density at radius 3 is 2.56 bits per heavy atom. The molecule has 184 valence electrons. The number of hydrogen-bond acceptors (Lipinski definition) is 5. The average Bonchev–Trinajstić information content (AvgIpc) is 3.09. The monoisotopic (exact) mass is 604 g/mol. The van der Waals surface area contributed by atoms with Crippen molar-refractivity contribution in [2.45, 2.75) is 13.5 Å². The van der Waals surface area contributed by atoms with Crippen molar-refractivity contribution in [2.75, 3.05) is 11.9 Å². The lowest BCUT2D eigenvalue weighted by Crippen LogP contribution is -2.36. The molecule has 1 aliphatic rings. The second kappa shape index (κ2) is 11.5. The smallest absolute Gasteiger partial charge is 0.294 e. The number of carbonyl (C=O) groups is 3. The molecule has 3 amide bonds. The van der Waals surface area contributed by atoms with Crippen molar-refractivity contribution >= 4 is 79.7 Å². The van der Waals surface area contributed by atoms with Gasteiger partial charge in [-0.1, -0.05) is 57.3 Å². The third-order valence-electron chi connectivity index (χ3n) is 5.20. The molecule has 3 aromatic carbocycles. The topological polar surface area (TPSA) is 75.7 Å². The van der Waals surface area contributed by atoms with Crippen molar-refractivity contribution in [3.8, 4) is 5.75 Å². The summed E-state index contributed by atoms with van der Waals surface area (Å²) in [5.74, 6) is -0.521. The quantitative estimate of drug-likeness (QED) is 0.286. The molecule has 1 saturated heterocycles. The Bertz CT molecular complexity index is 1380. The number of carbonyl (C=O) groups excluding carboxylic acids is 3. The van der Waals surface area contributed by atoms with Crippen LogP contribution in [0.2, 0.25) is 10.0 Å². The van der Waals surface area contributed by atoms with Crippen LogP contribution in [0.3, 0.4) is 0 Å². The number of imide groups is 1. The van der Waals surface area contributed by atoms with Crippen molar-refractivity contribution in [3.63, 3.8) is 0 Å². The summed E-state index contributed by atoms with van der Waals surface area (Å²) >= 11 is 16.2. The SMILES string of the molecule is Cc1ccc(NC(=O)CN2C(=O)S/C(=C/c3cc(Br)ccc3OCc3ccc(Cl)cc3)C2=O)cc1Cl. The van der Waals surface area contributed by atoms with E-state index in [-0.39, 0.29) is 4.91 Å². The van der Waals surface area contributed by atoms with Gasteiger partial charge in [0.15, 0.2) is 0 Å². The lowest BCUT2D eigenvalue weighted by Gasteiger charge is -2.13. The van der Waals surface area contributed by atoms with Gasteiger partial charge in [0.2, 0.25) is 5.91 Å². The molecular weight excluding hydrogens is 587 g/mol. The molecule has 0 bridgehead atoms. The largest absolute Gasteiger partial charge is 0.488 e. The number of rotatable bonds is 7. The summed E-state index contributed by atoms with van der Waals surface area (Å²) in [5, 5.41) is 3.28. The zero-order valence-corrected chi connectivity index (χ0v) is 22.8. The minimum absolute atomic E-state index is 0.195. The number of ether oxygens (including phenoxy) is 1. The van der Waals surface area contributed by atoms with Crippen LogP contribution in [0.15, 0.2) is 70.0 Å². The van der Waals surface area contributed by atoms with Crippen molar-refractivity contribution in [3.05, 3.63) is 96.8 Å². The van der Waals surface area contributed by atoms with E-state index in [2.05, 4.69) is 21.2 Å². The minimum atomic E-state index is -0.550. The standard InChI is InChI=1S/C26H19BrCl2N2O4S/c1-15-2-8-20(12-21(15)29)30-24(32)13-31-25(33)23(36-26(31)34)11-17-10-18(27)5-9-22(17)35-14-16-3-6-19(28)7-4-16/h2-12H,13-14H2,1H3,(H,30,32)/b23-11+. The minimum Gasteiger partial charge on any atom is -0.488 e. The zero-order chi connectivity index (χ0) is 25.8. The highest BCUT2D eigenvalue weighted by molar-refractivity contribution is 9.10. The van der Waals surface area contributed by atoms with E-state index in [1.165, 1.54) is 0 Å². The summed E-state index contributed by atoms with van der Waals surface area (Å²) in [6.07, 6.45) is 1.59. The summed E-state index contributed by atoms with van der Waals surface area (Å²) in [6, 6.07) is 17.8. The first-order valence-electron chi connectivity index (χ1n) is 10.7. The van der Waals surface area contributed by atoms with Crippen LogP contribution < -0.4 is 10.1 Å². The van der Waals surface area contributed by atoms with Crippen molar-refractivity contribution in [2.24, 2.45) is 0 Å². The first-order chi connectivity index (χ1) is 17.2. The highest BCUT2D eigenvalue weighted by Crippen LogP contribution is 2.35. The Morgan fingerprint density at radius 2 is 1.83 bits per heavy atom. The Hall–Kier alpha value is -2.78. The first kappa shape index (κ1) is 26.3. The molecule has 0 radical (unpaired) electrons. The molecule has 0 atom stereocenters. The Morgan fingerprint density at radius 1 is 1.08 bits per heavy atom. The second-order valence-electron chi connectivity index (χ2n) is 7.88.